The minimum absolute atomic E-state index is 0.259. The Morgan fingerprint density at radius 2 is 1.70 bits per heavy atom. The molecule has 9 heteroatoms. The molecule has 1 rings (SSSR count). The van der Waals surface area contributed by atoms with Crippen molar-refractivity contribution in [1.29, 1.82) is 0 Å². The highest BCUT2D eigenvalue weighted by molar-refractivity contribution is 7.85. The quantitative estimate of drug-likeness (QED) is 0.369. The molecule has 1 unspecified atom stereocenters. The first-order valence-electron chi connectivity index (χ1n) is 6.54. The van der Waals surface area contributed by atoms with Gasteiger partial charge in [0, 0.05) is 5.56 Å². The summed E-state index contributed by atoms with van der Waals surface area (Å²) in [5.41, 5.74) is -1.36. The molecule has 3 N–H and O–H groups in total. The summed E-state index contributed by atoms with van der Waals surface area (Å²) in [6, 6.07) is 6.06. The van der Waals surface area contributed by atoms with Gasteiger partial charge in [-0.2, -0.15) is 8.42 Å². The van der Waals surface area contributed by atoms with E-state index in [1.807, 2.05) is 5.32 Å². The number of amides is 1. The van der Waals surface area contributed by atoms with Gasteiger partial charge in [-0.05, 0) is 13.8 Å². The van der Waals surface area contributed by atoms with E-state index in [9.17, 15) is 22.8 Å². The Balaban J connectivity index is 2.97. The van der Waals surface area contributed by atoms with Crippen molar-refractivity contribution in [3.63, 3.8) is 0 Å². The molecule has 0 saturated carbocycles. The number of carbonyl (C=O) groups excluding carboxylic acids is 2. The summed E-state index contributed by atoms with van der Waals surface area (Å²) < 4.78 is 30.3. The molecule has 0 saturated heterocycles. The standard InChI is InChI=1S/C14H17NO7S/c1-14(2,11(16)9-6-4-3-5-7-9)13(19)15-10(12(17)18)8-23(20,21)22/h3-7,10H,8H2,1-2H3,(H,15,19)(H,17,18)(H,20,21,22). The van der Waals surface area contributed by atoms with Crippen LogP contribution in [0, 0.1) is 5.41 Å². The number of carboxylic acid groups (broad SMARTS) is 1. The van der Waals surface area contributed by atoms with Crippen LogP contribution in [0.4, 0.5) is 0 Å². The van der Waals surface area contributed by atoms with E-state index in [0.717, 1.165) is 0 Å². The summed E-state index contributed by atoms with van der Waals surface area (Å²) in [4.78, 5) is 35.6. The fraction of sp³-hybridized carbons (Fsp3) is 0.357. The van der Waals surface area contributed by atoms with Crippen LogP contribution in [0.25, 0.3) is 0 Å². The highest BCUT2D eigenvalue weighted by atomic mass is 32.2. The molecule has 0 bridgehead atoms. The van der Waals surface area contributed by atoms with Crippen molar-refractivity contribution < 1.29 is 32.5 Å². The number of rotatable bonds is 7. The molecule has 126 valence electrons. The maximum atomic E-state index is 12.4. The first-order valence-corrected chi connectivity index (χ1v) is 8.15. The van der Waals surface area contributed by atoms with Crippen LogP contribution in [-0.4, -0.2) is 47.5 Å². The van der Waals surface area contributed by atoms with Gasteiger partial charge >= 0.3 is 5.97 Å². The zero-order valence-electron chi connectivity index (χ0n) is 12.5. The number of carbonyl (C=O) groups is 3. The van der Waals surface area contributed by atoms with E-state index >= 15 is 0 Å². The topological polar surface area (TPSA) is 138 Å². The van der Waals surface area contributed by atoms with Crippen molar-refractivity contribution in [3.8, 4) is 0 Å². The van der Waals surface area contributed by atoms with Crippen molar-refractivity contribution in [3.05, 3.63) is 35.9 Å². The summed E-state index contributed by atoms with van der Waals surface area (Å²) in [5.74, 6) is -4.34. The smallest absolute Gasteiger partial charge is 0.327 e. The van der Waals surface area contributed by atoms with Crippen molar-refractivity contribution in [2.45, 2.75) is 19.9 Å². The Morgan fingerprint density at radius 1 is 1.17 bits per heavy atom. The van der Waals surface area contributed by atoms with Gasteiger partial charge < -0.3 is 10.4 Å². The van der Waals surface area contributed by atoms with Crippen molar-refractivity contribution in [2.24, 2.45) is 5.41 Å². The largest absolute Gasteiger partial charge is 0.480 e. The average molecular weight is 343 g/mol. The molecule has 0 aliphatic rings. The Labute approximate surface area is 133 Å². The van der Waals surface area contributed by atoms with E-state index in [1.165, 1.54) is 26.0 Å². The van der Waals surface area contributed by atoms with Crippen molar-refractivity contribution in [1.82, 2.24) is 5.32 Å². The normalized spacial score (nSPS) is 13.2. The summed E-state index contributed by atoms with van der Waals surface area (Å²) in [6.07, 6.45) is 0. The van der Waals surface area contributed by atoms with E-state index in [4.69, 9.17) is 9.66 Å². The molecule has 8 nitrogen and oxygen atoms in total. The van der Waals surface area contributed by atoms with Gasteiger partial charge in [-0.15, -0.1) is 0 Å². The molecular weight excluding hydrogens is 326 g/mol. The number of hydrogen-bond acceptors (Lipinski definition) is 5. The first-order chi connectivity index (χ1) is 10.4. The Kier molecular flexibility index (Phi) is 5.62. The van der Waals surface area contributed by atoms with Gasteiger partial charge in [0.05, 0.1) is 0 Å². The van der Waals surface area contributed by atoms with Crippen molar-refractivity contribution >= 4 is 27.8 Å². The van der Waals surface area contributed by atoms with E-state index in [2.05, 4.69) is 0 Å². The van der Waals surface area contributed by atoms with E-state index < -0.39 is 45.0 Å². The molecule has 0 aromatic heterocycles. The van der Waals surface area contributed by atoms with Crippen LogP contribution in [0.1, 0.15) is 24.2 Å². The van der Waals surface area contributed by atoms with Crippen LogP contribution in [0.3, 0.4) is 0 Å². The third-order valence-corrected chi connectivity index (χ3v) is 3.91. The molecule has 23 heavy (non-hydrogen) atoms. The first kappa shape index (κ1) is 18.8. The molecular formula is C14H17NO7S. The predicted octanol–water partition coefficient (Wildman–Crippen LogP) is 0.353. The molecule has 0 spiro atoms. The molecule has 0 fully saturated rings. The summed E-state index contributed by atoms with van der Waals surface area (Å²) in [6.45, 7) is 2.59. The maximum absolute atomic E-state index is 12.4. The van der Waals surface area contributed by atoms with Gasteiger partial charge in [0.1, 0.15) is 17.2 Å². The molecule has 0 aliphatic carbocycles. The molecule has 1 aromatic rings. The Hall–Kier alpha value is -2.26. The van der Waals surface area contributed by atoms with Gasteiger partial charge in [0.25, 0.3) is 10.1 Å². The lowest BCUT2D eigenvalue weighted by atomic mass is 9.83. The van der Waals surface area contributed by atoms with Crippen LogP contribution in [0.5, 0.6) is 0 Å². The number of carboxylic acids is 1. The fourth-order valence-corrected chi connectivity index (χ4v) is 2.42. The monoisotopic (exact) mass is 343 g/mol. The second-order valence-electron chi connectivity index (χ2n) is 5.43. The van der Waals surface area contributed by atoms with E-state index in [1.54, 1.807) is 18.2 Å². The van der Waals surface area contributed by atoms with Crippen LogP contribution >= 0.6 is 0 Å². The molecule has 1 atom stereocenters. The number of benzene rings is 1. The second kappa shape index (κ2) is 6.88. The van der Waals surface area contributed by atoms with Crippen LogP contribution in [0.2, 0.25) is 0 Å². The maximum Gasteiger partial charge on any atom is 0.327 e. The fourth-order valence-electron chi connectivity index (χ4n) is 1.78. The zero-order chi connectivity index (χ0) is 17.8. The zero-order valence-corrected chi connectivity index (χ0v) is 13.3. The lowest BCUT2D eigenvalue weighted by Crippen LogP contribution is -2.51. The third-order valence-electron chi connectivity index (χ3n) is 3.15. The third kappa shape index (κ3) is 5.15. The highest BCUT2D eigenvalue weighted by Gasteiger charge is 2.39. The van der Waals surface area contributed by atoms with Crippen LogP contribution in [0.15, 0.2) is 30.3 Å². The lowest BCUT2D eigenvalue weighted by Gasteiger charge is -2.24. The Morgan fingerprint density at radius 3 is 2.13 bits per heavy atom. The molecule has 1 aromatic carbocycles. The molecule has 0 heterocycles. The van der Waals surface area contributed by atoms with Crippen LogP contribution < -0.4 is 5.32 Å². The van der Waals surface area contributed by atoms with Gasteiger partial charge in [0.15, 0.2) is 5.78 Å². The molecule has 1 amide bonds. The van der Waals surface area contributed by atoms with Crippen LogP contribution in [-0.2, 0) is 19.7 Å². The molecule has 0 aliphatic heterocycles. The summed E-state index contributed by atoms with van der Waals surface area (Å²) in [5, 5.41) is 10.9. The van der Waals surface area contributed by atoms with Gasteiger partial charge in [-0.25, -0.2) is 4.79 Å². The summed E-state index contributed by atoms with van der Waals surface area (Å²) in [7, 11) is -4.61. The SMILES string of the molecule is CC(C)(C(=O)NC(CS(=O)(=O)O)C(=O)O)C(=O)c1ccccc1. The predicted molar refractivity (Wildman–Crippen MR) is 80.5 cm³/mol. The Bertz CT molecular complexity index is 710. The number of hydrogen-bond donors (Lipinski definition) is 3. The second-order valence-corrected chi connectivity index (χ2v) is 6.93. The van der Waals surface area contributed by atoms with E-state index in [0.29, 0.717) is 0 Å². The van der Waals surface area contributed by atoms with Crippen molar-refractivity contribution in [2.75, 3.05) is 5.75 Å². The highest BCUT2D eigenvalue weighted by Crippen LogP contribution is 2.22. The summed E-state index contributed by atoms with van der Waals surface area (Å²) >= 11 is 0. The number of ketones is 1. The number of Topliss-reactive ketones (excluding diaryl/α,β-unsaturated/α-hetero) is 1. The van der Waals surface area contributed by atoms with Gasteiger partial charge in [-0.1, -0.05) is 30.3 Å². The van der Waals surface area contributed by atoms with Gasteiger partial charge in [0.2, 0.25) is 5.91 Å². The minimum Gasteiger partial charge on any atom is -0.480 e. The van der Waals surface area contributed by atoms with E-state index in [-0.39, 0.29) is 5.56 Å². The average Bonchev–Trinajstić information content (AvgIpc) is 2.45. The van der Waals surface area contributed by atoms with Gasteiger partial charge in [-0.3, -0.25) is 14.1 Å². The molecule has 0 radical (unpaired) electrons. The minimum atomic E-state index is -4.61. The number of aliphatic carboxylic acids is 1. The lowest BCUT2D eigenvalue weighted by molar-refractivity contribution is -0.142. The number of nitrogens with one attached hydrogen (secondary N) is 1.